The first-order valence-corrected chi connectivity index (χ1v) is 6.40. The molecule has 2 aromatic carbocycles. The van der Waals surface area contributed by atoms with E-state index in [9.17, 15) is 9.90 Å². The number of nitrogen functional groups attached to an aromatic ring is 2. The number of phenolic OH excluding ortho intramolecular Hbond substituents is 1. The van der Waals surface area contributed by atoms with Gasteiger partial charge < -0.3 is 21.6 Å². The molecule has 0 atom stereocenters. The van der Waals surface area contributed by atoms with Crippen molar-refractivity contribution in [3.05, 3.63) is 47.0 Å². The van der Waals surface area contributed by atoms with Crippen molar-refractivity contribution in [3.63, 3.8) is 0 Å². The van der Waals surface area contributed by atoms with Crippen LogP contribution in [0, 0.1) is 13.8 Å². The van der Waals surface area contributed by atoms with Crippen molar-refractivity contribution in [1.29, 1.82) is 0 Å². The van der Waals surface area contributed by atoms with E-state index in [0.29, 0.717) is 33.8 Å². The molecule has 0 radical (unpaired) electrons. The van der Waals surface area contributed by atoms with Gasteiger partial charge in [-0.25, -0.2) is 0 Å². The van der Waals surface area contributed by atoms with Crippen molar-refractivity contribution >= 4 is 23.0 Å². The molecule has 0 saturated carbocycles. The van der Waals surface area contributed by atoms with Gasteiger partial charge in [-0.05, 0) is 55.3 Å². The van der Waals surface area contributed by atoms with Gasteiger partial charge in [-0.3, -0.25) is 10.6 Å². The fraction of sp³-hybridized carbons (Fsp3) is 0.133. The number of hydrogen-bond donors (Lipinski definition) is 5. The van der Waals surface area contributed by atoms with Crippen LogP contribution in [0.4, 0.5) is 17.1 Å². The van der Waals surface area contributed by atoms with Gasteiger partial charge in [-0.15, -0.1) is 0 Å². The number of carbonyl (C=O) groups excluding carboxylic acids is 1. The molecule has 6 nitrogen and oxygen atoms in total. The Morgan fingerprint density at radius 2 is 1.76 bits per heavy atom. The zero-order chi connectivity index (χ0) is 15.6. The molecule has 2 aromatic rings. The fourth-order valence-corrected chi connectivity index (χ4v) is 2.07. The van der Waals surface area contributed by atoms with Crippen LogP contribution in [0.2, 0.25) is 0 Å². The Bertz CT molecular complexity index is 675. The van der Waals surface area contributed by atoms with Crippen LogP contribution in [-0.2, 0) is 0 Å². The van der Waals surface area contributed by atoms with E-state index in [4.69, 9.17) is 11.6 Å². The van der Waals surface area contributed by atoms with Gasteiger partial charge in [0.25, 0.3) is 5.91 Å². The summed E-state index contributed by atoms with van der Waals surface area (Å²) >= 11 is 0. The highest BCUT2D eigenvalue weighted by Crippen LogP contribution is 2.26. The van der Waals surface area contributed by atoms with E-state index in [2.05, 4.69) is 10.7 Å². The predicted molar refractivity (Wildman–Crippen MR) is 84.2 cm³/mol. The molecule has 0 fully saturated rings. The van der Waals surface area contributed by atoms with Crippen molar-refractivity contribution in [2.45, 2.75) is 13.8 Å². The minimum atomic E-state index is -0.283. The largest absolute Gasteiger partial charge is 0.507 e. The second kappa shape index (κ2) is 5.72. The van der Waals surface area contributed by atoms with E-state index in [-0.39, 0.29) is 11.7 Å². The molecule has 6 heteroatoms. The van der Waals surface area contributed by atoms with Crippen LogP contribution in [0.5, 0.6) is 5.75 Å². The second-order valence-electron chi connectivity index (χ2n) is 4.86. The lowest BCUT2D eigenvalue weighted by atomic mass is 10.1. The summed E-state index contributed by atoms with van der Waals surface area (Å²) in [6, 6.07) is 8.22. The fourth-order valence-electron chi connectivity index (χ4n) is 2.07. The summed E-state index contributed by atoms with van der Waals surface area (Å²) in [5.74, 6) is 5.24. The maximum atomic E-state index is 12.2. The summed E-state index contributed by atoms with van der Waals surface area (Å²) in [7, 11) is 0. The first-order chi connectivity index (χ1) is 9.92. The molecule has 0 aliphatic carbocycles. The van der Waals surface area contributed by atoms with Crippen molar-refractivity contribution in [3.8, 4) is 5.75 Å². The molecule has 0 aromatic heterocycles. The number of aromatic hydroxyl groups is 1. The normalized spacial score (nSPS) is 10.2. The molecule has 7 N–H and O–H groups in total. The highest BCUT2D eigenvalue weighted by atomic mass is 16.3. The summed E-state index contributed by atoms with van der Waals surface area (Å²) in [5, 5.41) is 12.5. The van der Waals surface area contributed by atoms with Crippen LogP contribution in [0.25, 0.3) is 0 Å². The van der Waals surface area contributed by atoms with Gasteiger partial charge in [-0.2, -0.15) is 0 Å². The molecule has 110 valence electrons. The van der Waals surface area contributed by atoms with Crippen molar-refractivity contribution in [2.75, 3.05) is 16.5 Å². The number of hydrogen-bond acceptors (Lipinski definition) is 5. The summed E-state index contributed by atoms with van der Waals surface area (Å²) < 4.78 is 0. The number of nitrogens with one attached hydrogen (secondary N) is 2. The molecule has 2 rings (SSSR count). The van der Waals surface area contributed by atoms with E-state index in [1.807, 2.05) is 0 Å². The number of phenols is 1. The molecule has 0 aliphatic rings. The maximum Gasteiger partial charge on any atom is 0.255 e. The minimum absolute atomic E-state index is 0.232. The quantitative estimate of drug-likeness (QED) is 0.257. The Labute approximate surface area is 122 Å². The van der Waals surface area contributed by atoms with Crippen LogP contribution in [-0.4, -0.2) is 11.0 Å². The molecule has 0 spiro atoms. The number of nitrogens with two attached hydrogens (primary N) is 2. The Morgan fingerprint density at radius 3 is 2.29 bits per heavy atom. The Kier molecular flexibility index (Phi) is 4.00. The van der Waals surface area contributed by atoms with Crippen LogP contribution in [0.3, 0.4) is 0 Å². The predicted octanol–water partition coefficient (Wildman–Crippen LogP) is 2.13. The lowest BCUT2D eigenvalue weighted by Crippen LogP contribution is -2.14. The van der Waals surface area contributed by atoms with Gasteiger partial charge in [0.15, 0.2) is 0 Å². The first kappa shape index (κ1) is 14.7. The maximum absolute atomic E-state index is 12.2. The van der Waals surface area contributed by atoms with Gasteiger partial charge in [0, 0.05) is 11.3 Å². The van der Waals surface area contributed by atoms with E-state index < -0.39 is 0 Å². The summed E-state index contributed by atoms with van der Waals surface area (Å²) in [6.45, 7) is 3.55. The highest BCUT2D eigenvalue weighted by molar-refractivity contribution is 6.05. The first-order valence-electron chi connectivity index (χ1n) is 6.40. The van der Waals surface area contributed by atoms with Crippen molar-refractivity contribution in [2.24, 2.45) is 5.84 Å². The molecule has 21 heavy (non-hydrogen) atoms. The highest BCUT2D eigenvalue weighted by Gasteiger charge is 2.10. The number of rotatable bonds is 3. The number of hydrazine groups is 1. The Hall–Kier alpha value is -2.73. The summed E-state index contributed by atoms with van der Waals surface area (Å²) in [4.78, 5) is 12.2. The van der Waals surface area contributed by atoms with Crippen LogP contribution >= 0.6 is 0 Å². The number of benzene rings is 2. The molecule has 0 aliphatic heterocycles. The molecule has 0 bridgehead atoms. The van der Waals surface area contributed by atoms with E-state index in [1.54, 1.807) is 44.2 Å². The lowest BCUT2D eigenvalue weighted by Gasteiger charge is -2.11. The number of amides is 1. The van der Waals surface area contributed by atoms with Crippen LogP contribution in [0.1, 0.15) is 21.5 Å². The van der Waals surface area contributed by atoms with E-state index >= 15 is 0 Å². The van der Waals surface area contributed by atoms with Gasteiger partial charge in [0.2, 0.25) is 0 Å². The number of anilines is 3. The van der Waals surface area contributed by atoms with Gasteiger partial charge >= 0.3 is 0 Å². The summed E-state index contributed by atoms with van der Waals surface area (Å²) in [6.07, 6.45) is 0. The van der Waals surface area contributed by atoms with Gasteiger partial charge in [0.1, 0.15) is 5.75 Å². The van der Waals surface area contributed by atoms with Crippen molar-refractivity contribution < 1.29 is 9.90 Å². The molecule has 0 saturated heterocycles. The van der Waals surface area contributed by atoms with Gasteiger partial charge in [-0.1, -0.05) is 0 Å². The van der Waals surface area contributed by atoms with Crippen LogP contribution in [0.15, 0.2) is 30.3 Å². The monoisotopic (exact) mass is 286 g/mol. The zero-order valence-corrected chi connectivity index (χ0v) is 11.9. The Balaban J connectivity index is 2.24. The Morgan fingerprint density at radius 1 is 1.14 bits per heavy atom. The lowest BCUT2D eigenvalue weighted by molar-refractivity contribution is 0.102. The van der Waals surface area contributed by atoms with E-state index in [0.717, 1.165) is 0 Å². The van der Waals surface area contributed by atoms with E-state index in [1.165, 1.54) is 0 Å². The minimum Gasteiger partial charge on any atom is -0.507 e. The SMILES string of the molecule is Cc1cc(NC(=O)c2ccc(NN)c(N)c2)cc(C)c1O. The second-order valence-corrected chi connectivity index (χ2v) is 4.86. The van der Waals surface area contributed by atoms with Gasteiger partial charge in [0.05, 0.1) is 11.4 Å². The molecule has 1 amide bonds. The molecule has 0 unspecified atom stereocenters. The number of carbonyl (C=O) groups is 1. The average Bonchev–Trinajstić information content (AvgIpc) is 2.44. The third kappa shape index (κ3) is 3.06. The molecular formula is C15H18N4O2. The number of aryl methyl sites for hydroxylation is 2. The average molecular weight is 286 g/mol. The molecular weight excluding hydrogens is 268 g/mol. The summed E-state index contributed by atoms with van der Waals surface area (Å²) in [5.41, 5.74) is 11.6. The topological polar surface area (TPSA) is 113 Å². The molecule has 0 heterocycles. The van der Waals surface area contributed by atoms with Crippen LogP contribution < -0.4 is 22.3 Å². The van der Waals surface area contributed by atoms with Crippen molar-refractivity contribution in [1.82, 2.24) is 0 Å². The third-order valence-electron chi connectivity index (χ3n) is 3.22. The zero-order valence-electron chi connectivity index (χ0n) is 11.9. The third-order valence-corrected chi connectivity index (χ3v) is 3.22. The standard InChI is InChI=1S/C15H18N4O2/c1-8-5-11(6-9(2)14(8)20)18-15(21)10-3-4-13(19-17)12(16)7-10/h3-7,19-20H,16-17H2,1-2H3,(H,18,21). The smallest absolute Gasteiger partial charge is 0.255 e.